The molecule has 0 aliphatic carbocycles. The molecule has 0 heterocycles. The van der Waals surface area contributed by atoms with Crippen LogP contribution >= 0.6 is 0 Å². The highest BCUT2D eigenvalue weighted by Gasteiger charge is 1.86. The highest BCUT2D eigenvalue weighted by molar-refractivity contribution is 5.39. The summed E-state index contributed by atoms with van der Waals surface area (Å²) in [6.07, 6.45) is 0. The molecule has 47 valence electrons. The molecule has 2 heteroatoms. The molecule has 0 unspecified atom stereocenters. The SMILES string of the molecule is NCc1c[c]cc(N)c1. The highest BCUT2D eigenvalue weighted by Crippen LogP contribution is 2.03. The van der Waals surface area contributed by atoms with Crippen LogP contribution in [0.25, 0.3) is 0 Å². The van der Waals surface area contributed by atoms with Crippen molar-refractivity contribution in [1.82, 2.24) is 0 Å². The first-order chi connectivity index (χ1) is 4.33. The van der Waals surface area contributed by atoms with Crippen LogP contribution in [-0.4, -0.2) is 0 Å². The molecule has 9 heavy (non-hydrogen) atoms. The van der Waals surface area contributed by atoms with Crippen LogP contribution in [0.4, 0.5) is 5.69 Å². The lowest BCUT2D eigenvalue weighted by Crippen LogP contribution is -1.96. The molecule has 0 saturated heterocycles. The second-order valence-corrected chi connectivity index (χ2v) is 1.88. The van der Waals surface area contributed by atoms with E-state index < -0.39 is 0 Å². The number of nitrogens with two attached hydrogens (primary N) is 2. The van der Waals surface area contributed by atoms with Gasteiger partial charge in [0, 0.05) is 12.2 Å². The van der Waals surface area contributed by atoms with Gasteiger partial charge in [-0.3, -0.25) is 0 Å². The number of anilines is 1. The first-order valence-corrected chi connectivity index (χ1v) is 2.78. The van der Waals surface area contributed by atoms with E-state index >= 15 is 0 Å². The zero-order valence-corrected chi connectivity index (χ0v) is 5.09. The van der Waals surface area contributed by atoms with Gasteiger partial charge in [0.25, 0.3) is 0 Å². The van der Waals surface area contributed by atoms with Crippen molar-refractivity contribution >= 4 is 5.69 Å². The Morgan fingerprint density at radius 1 is 1.44 bits per heavy atom. The number of nitrogen functional groups attached to an aromatic ring is 1. The summed E-state index contributed by atoms with van der Waals surface area (Å²) < 4.78 is 0. The lowest BCUT2D eigenvalue weighted by atomic mass is 10.2. The topological polar surface area (TPSA) is 52.0 Å². The fourth-order valence-electron chi connectivity index (χ4n) is 0.660. The van der Waals surface area contributed by atoms with Gasteiger partial charge in [0.15, 0.2) is 0 Å². The summed E-state index contributed by atoms with van der Waals surface area (Å²) in [7, 11) is 0. The maximum absolute atomic E-state index is 5.45. The third-order valence-electron chi connectivity index (χ3n) is 1.11. The van der Waals surface area contributed by atoms with E-state index in [9.17, 15) is 0 Å². The molecule has 0 spiro atoms. The van der Waals surface area contributed by atoms with Gasteiger partial charge in [-0.1, -0.05) is 0 Å². The van der Waals surface area contributed by atoms with Crippen LogP contribution in [0.5, 0.6) is 0 Å². The molecule has 0 atom stereocenters. The predicted molar refractivity (Wildman–Crippen MR) is 37.6 cm³/mol. The van der Waals surface area contributed by atoms with Crippen molar-refractivity contribution in [1.29, 1.82) is 0 Å². The van der Waals surface area contributed by atoms with Crippen molar-refractivity contribution in [2.45, 2.75) is 6.54 Å². The van der Waals surface area contributed by atoms with E-state index in [1.54, 1.807) is 6.07 Å². The van der Waals surface area contributed by atoms with Gasteiger partial charge in [-0.15, -0.1) is 0 Å². The van der Waals surface area contributed by atoms with Gasteiger partial charge in [-0.25, -0.2) is 0 Å². The van der Waals surface area contributed by atoms with Crippen LogP contribution in [0.15, 0.2) is 18.2 Å². The molecule has 4 N–H and O–H groups in total. The van der Waals surface area contributed by atoms with Gasteiger partial charge in [-0.2, -0.15) is 0 Å². The van der Waals surface area contributed by atoms with E-state index in [0.29, 0.717) is 6.54 Å². The Morgan fingerprint density at radius 3 is 2.67 bits per heavy atom. The second kappa shape index (κ2) is 2.51. The number of rotatable bonds is 1. The number of hydrogen-bond donors (Lipinski definition) is 2. The normalized spacial score (nSPS) is 9.44. The lowest BCUT2D eigenvalue weighted by molar-refractivity contribution is 1.07. The van der Waals surface area contributed by atoms with E-state index in [2.05, 4.69) is 6.07 Å². The summed E-state index contributed by atoms with van der Waals surface area (Å²) in [6.45, 7) is 0.529. The van der Waals surface area contributed by atoms with Crippen LogP contribution in [0.2, 0.25) is 0 Å². The third kappa shape index (κ3) is 1.44. The molecule has 1 aromatic rings. The highest BCUT2D eigenvalue weighted by atomic mass is 14.6. The Morgan fingerprint density at radius 2 is 2.22 bits per heavy atom. The number of benzene rings is 1. The summed E-state index contributed by atoms with van der Waals surface area (Å²) in [5.41, 5.74) is 12.5. The predicted octanol–water partition coefficient (Wildman–Crippen LogP) is 0.528. The maximum atomic E-state index is 5.45. The fraction of sp³-hybridized carbons (Fsp3) is 0.143. The Kier molecular flexibility index (Phi) is 1.70. The van der Waals surface area contributed by atoms with Crippen molar-refractivity contribution in [3.05, 3.63) is 29.8 Å². The minimum atomic E-state index is 0.529. The Labute approximate surface area is 54.5 Å². The molecule has 0 aliphatic rings. The van der Waals surface area contributed by atoms with E-state index in [0.717, 1.165) is 11.3 Å². The molecule has 1 aromatic carbocycles. The minimum absolute atomic E-state index is 0.529. The van der Waals surface area contributed by atoms with Crippen molar-refractivity contribution in [2.24, 2.45) is 5.73 Å². The van der Waals surface area contributed by atoms with E-state index in [1.807, 2.05) is 12.1 Å². The second-order valence-electron chi connectivity index (χ2n) is 1.88. The average Bonchev–Trinajstić information content (AvgIpc) is 1.88. The van der Waals surface area contributed by atoms with E-state index in [1.165, 1.54) is 0 Å². The lowest BCUT2D eigenvalue weighted by Gasteiger charge is -1.95. The molecule has 0 amide bonds. The molecule has 1 rings (SSSR count). The molecular formula is C7H9N2. The van der Waals surface area contributed by atoms with Crippen LogP contribution in [0.3, 0.4) is 0 Å². The summed E-state index contributed by atoms with van der Waals surface area (Å²) >= 11 is 0. The molecule has 0 aliphatic heterocycles. The Balaban J connectivity index is 2.94. The Bertz CT molecular complexity index is 196. The monoisotopic (exact) mass is 121 g/mol. The van der Waals surface area contributed by atoms with Gasteiger partial charge in [-0.05, 0) is 29.8 Å². The summed E-state index contributed by atoms with van der Waals surface area (Å²) in [4.78, 5) is 0. The molecule has 2 nitrogen and oxygen atoms in total. The minimum Gasteiger partial charge on any atom is -0.399 e. The van der Waals surface area contributed by atoms with Crippen LogP contribution in [0, 0.1) is 6.07 Å². The molecule has 0 fully saturated rings. The summed E-state index contributed by atoms with van der Waals surface area (Å²) in [6, 6.07) is 8.27. The zero-order chi connectivity index (χ0) is 6.69. The smallest absolute Gasteiger partial charge is 0.0323 e. The van der Waals surface area contributed by atoms with Gasteiger partial charge in [0.05, 0.1) is 0 Å². The van der Waals surface area contributed by atoms with Crippen molar-refractivity contribution in [3.63, 3.8) is 0 Å². The Hall–Kier alpha value is -1.02. The largest absolute Gasteiger partial charge is 0.399 e. The molecule has 1 radical (unpaired) electrons. The molecule has 0 bridgehead atoms. The van der Waals surface area contributed by atoms with Crippen LogP contribution in [-0.2, 0) is 6.54 Å². The first-order valence-electron chi connectivity index (χ1n) is 2.78. The average molecular weight is 121 g/mol. The fourth-order valence-corrected chi connectivity index (χ4v) is 0.660. The van der Waals surface area contributed by atoms with Gasteiger partial charge < -0.3 is 11.5 Å². The van der Waals surface area contributed by atoms with Gasteiger partial charge >= 0.3 is 0 Å². The van der Waals surface area contributed by atoms with Crippen molar-refractivity contribution in [2.75, 3.05) is 5.73 Å². The first kappa shape index (κ1) is 6.11. The zero-order valence-electron chi connectivity index (χ0n) is 5.09. The summed E-state index contributed by atoms with van der Waals surface area (Å²) in [5.74, 6) is 0. The quantitative estimate of drug-likeness (QED) is 0.532. The standard InChI is InChI=1S/C7H9N2/c8-5-6-2-1-3-7(9)4-6/h2-4H,5,8-9H2. The van der Waals surface area contributed by atoms with Gasteiger partial charge in [0.2, 0.25) is 0 Å². The third-order valence-corrected chi connectivity index (χ3v) is 1.11. The van der Waals surface area contributed by atoms with E-state index in [-0.39, 0.29) is 0 Å². The van der Waals surface area contributed by atoms with Crippen LogP contribution in [0.1, 0.15) is 5.56 Å². The molecule has 0 aromatic heterocycles. The van der Waals surface area contributed by atoms with Gasteiger partial charge in [0.1, 0.15) is 0 Å². The summed E-state index contributed by atoms with van der Waals surface area (Å²) in [5, 5.41) is 0. The maximum Gasteiger partial charge on any atom is 0.0323 e. The molecule has 0 saturated carbocycles. The van der Waals surface area contributed by atoms with E-state index in [4.69, 9.17) is 11.5 Å². The number of hydrogen-bond acceptors (Lipinski definition) is 2. The van der Waals surface area contributed by atoms with Crippen molar-refractivity contribution < 1.29 is 0 Å². The molecular weight excluding hydrogens is 112 g/mol. The van der Waals surface area contributed by atoms with Crippen molar-refractivity contribution in [3.8, 4) is 0 Å². The van der Waals surface area contributed by atoms with Crippen LogP contribution < -0.4 is 11.5 Å².